The minimum atomic E-state index is -5.52. The molecule has 0 amide bonds. The van der Waals surface area contributed by atoms with Crippen molar-refractivity contribution in [1.82, 2.24) is 0 Å². The number of carboxylic acid groups (broad SMARTS) is 1. The van der Waals surface area contributed by atoms with Gasteiger partial charge in [0.15, 0.2) is 0 Å². The Labute approximate surface area is 86.8 Å². The van der Waals surface area contributed by atoms with Crippen LogP contribution in [0.25, 0.3) is 0 Å². The standard InChI is InChI=1S/C7H9F5O2S/c8-6(9,7(10,11)12)2-1-3-15-4-5(13)14/h1-4H2,(H,13,14). The van der Waals surface area contributed by atoms with E-state index in [1.807, 2.05) is 0 Å². The molecule has 2 nitrogen and oxygen atoms in total. The summed E-state index contributed by atoms with van der Waals surface area (Å²) in [6.45, 7) is 0. The largest absolute Gasteiger partial charge is 0.481 e. The van der Waals surface area contributed by atoms with E-state index in [0.717, 1.165) is 11.8 Å². The maximum absolute atomic E-state index is 12.3. The molecule has 0 aliphatic rings. The molecule has 90 valence electrons. The first-order valence-electron chi connectivity index (χ1n) is 3.91. The molecule has 0 radical (unpaired) electrons. The van der Waals surface area contributed by atoms with Gasteiger partial charge in [-0.2, -0.15) is 33.7 Å². The first-order valence-corrected chi connectivity index (χ1v) is 5.06. The number of carbonyl (C=O) groups is 1. The number of rotatable bonds is 6. The zero-order chi connectivity index (χ0) is 12.1. The Morgan fingerprint density at radius 3 is 2.13 bits per heavy atom. The highest BCUT2D eigenvalue weighted by Gasteiger charge is 2.56. The Hall–Kier alpha value is -0.530. The second-order valence-corrected chi connectivity index (χ2v) is 3.86. The van der Waals surface area contributed by atoms with Crippen molar-refractivity contribution in [2.45, 2.75) is 24.9 Å². The highest BCUT2D eigenvalue weighted by molar-refractivity contribution is 7.99. The van der Waals surface area contributed by atoms with Crippen LogP contribution in [0.2, 0.25) is 0 Å². The number of hydrogen-bond donors (Lipinski definition) is 1. The second-order valence-electron chi connectivity index (χ2n) is 2.75. The van der Waals surface area contributed by atoms with Crippen LogP contribution < -0.4 is 0 Å². The molecule has 0 rings (SSSR count). The Bertz CT molecular complexity index is 216. The maximum Gasteiger partial charge on any atom is 0.453 e. The minimum Gasteiger partial charge on any atom is -0.481 e. The number of carboxylic acids is 1. The van der Waals surface area contributed by atoms with Gasteiger partial charge in [-0.15, -0.1) is 0 Å². The Kier molecular flexibility index (Phi) is 5.33. The summed E-state index contributed by atoms with van der Waals surface area (Å²) in [6.07, 6.45) is -7.20. The SMILES string of the molecule is O=C(O)CSCCCC(F)(F)C(F)(F)F. The zero-order valence-electron chi connectivity index (χ0n) is 7.48. The van der Waals surface area contributed by atoms with Gasteiger partial charge in [0.05, 0.1) is 5.75 Å². The molecule has 0 aliphatic carbocycles. The fourth-order valence-corrected chi connectivity index (χ4v) is 1.36. The predicted octanol–water partition coefficient (Wildman–Crippen LogP) is 2.78. The van der Waals surface area contributed by atoms with E-state index < -0.39 is 24.5 Å². The quantitative estimate of drug-likeness (QED) is 0.583. The van der Waals surface area contributed by atoms with Gasteiger partial charge in [0, 0.05) is 6.42 Å². The van der Waals surface area contributed by atoms with Crippen molar-refractivity contribution in [3.8, 4) is 0 Å². The second kappa shape index (κ2) is 5.53. The number of halogens is 5. The molecule has 15 heavy (non-hydrogen) atoms. The van der Waals surface area contributed by atoms with Gasteiger partial charge in [-0.1, -0.05) is 0 Å². The molecule has 0 saturated carbocycles. The first kappa shape index (κ1) is 14.5. The topological polar surface area (TPSA) is 37.3 Å². The molecule has 0 saturated heterocycles. The summed E-state index contributed by atoms with van der Waals surface area (Å²) in [5.41, 5.74) is 0. The lowest BCUT2D eigenvalue weighted by atomic mass is 10.2. The molecule has 0 bridgehead atoms. The van der Waals surface area contributed by atoms with Crippen LogP contribution in [0.1, 0.15) is 12.8 Å². The van der Waals surface area contributed by atoms with Crippen LogP contribution in [-0.4, -0.2) is 34.7 Å². The van der Waals surface area contributed by atoms with Gasteiger partial charge < -0.3 is 5.11 Å². The molecule has 1 N–H and O–H groups in total. The average molecular weight is 252 g/mol. The van der Waals surface area contributed by atoms with Crippen molar-refractivity contribution in [3.05, 3.63) is 0 Å². The van der Waals surface area contributed by atoms with Crippen molar-refractivity contribution >= 4 is 17.7 Å². The van der Waals surface area contributed by atoms with Crippen molar-refractivity contribution in [2.75, 3.05) is 11.5 Å². The van der Waals surface area contributed by atoms with Gasteiger partial charge in [-0.05, 0) is 12.2 Å². The highest BCUT2D eigenvalue weighted by Crippen LogP contribution is 2.38. The lowest BCUT2D eigenvalue weighted by Gasteiger charge is -2.18. The van der Waals surface area contributed by atoms with Gasteiger partial charge in [-0.3, -0.25) is 4.79 Å². The molecule has 0 atom stereocenters. The summed E-state index contributed by atoms with van der Waals surface area (Å²) in [6, 6.07) is 0. The molecule has 0 aromatic heterocycles. The van der Waals surface area contributed by atoms with E-state index in [1.165, 1.54) is 0 Å². The third-order valence-electron chi connectivity index (χ3n) is 1.42. The number of alkyl halides is 5. The summed E-state index contributed by atoms with van der Waals surface area (Å²) < 4.78 is 59.4. The van der Waals surface area contributed by atoms with Crippen molar-refractivity contribution in [3.63, 3.8) is 0 Å². The van der Waals surface area contributed by atoms with E-state index in [2.05, 4.69) is 0 Å². The molecular formula is C7H9F5O2S. The fraction of sp³-hybridized carbons (Fsp3) is 0.857. The van der Waals surface area contributed by atoms with Gasteiger partial charge in [0.1, 0.15) is 0 Å². The fourth-order valence-electron chi connectivity index (χ4n) is 0.697. The summed E-state index contributed by atoms with van der Waals surface area (Å²) in [4.78, 5) is 9.97. The minimum absolute atomic E-state index is 0.0298. The van der Waals surface area contributed by atoms with Crippen molar-refractivity contribution < 1.29 is 31.9 Å². The summed E-state index contributed by atoms with van der Waals surface area (Å²) in [7, 11) is 0. The predicted molar refractivity (Wildman–Crippen MR) is 45.2 cm³/mol. The van der Waals surface area contributed by atoms with E-state index >= 15 is 0 Å². The average Bonchev–Trinajstić information content (AvgIpc) is 2.00. The van der Waals surface area contributed by atoms with E-state index in [1.54, 1.807) is 0 Å². The number of thioether (sulfide) groups is 1. The van der Waals surface area contributed by atoms with Gasteiger partial charge >= 0.3 is 18.1 Å². The lowest BCUT2D eigenvalue weighted by molar-refractivity contribution is -0.284. The van der Waals surface area contributed by atoms with E-state index in [9.17, 15) is 26.7 Å². The molecule has 0 aliphatic heterocycles. The van der Waals surface area contributed by atoms with Crippen molar-refractivity contribution in [2.24, 2.45) is 0 Å². The molecular weight excluding hydrogens is 243 g/mol. The Balaban J connectivity index is 3.72. The molecule has 0 aromatic carbocycles. The zero-order valence-corrected chi connectivity index (χ0v) is 8.30. The van der Waals surface area contributed by atoms with Crippen molar-refractivity contribution in [1.29, 1.82) is 0 Å². The van der Waals surface area contributed by atoms with Crippen LogP contribution >= 0.6 is 11.8 Å². The van der Waals surface area contributed by atoms with E-state index in [0.29, 0.717) is 0 Å². The summed E-state index contributed by atoms with van der Waals surface area (Å²) in [5, 5.41) is 8.15. The van der Waals surface area contributed by atoms with Crippen LogP contribution in [0.15, 0.2) is 0 Å². The van der Waals surface area contributed by atoms with Gasteiger partial charge in [-0.25, -0.2) is 0 Å². The maximum atomic E-state index is 12.3. The van der Waals surface area contributed by atoms with Crippen LogP contribution in [0, 0.1) is 0 Å². The Morgan fingerprint density at radius 2 is 1.73 bits per heavy atom. The normalized spacial score (nSPS) is 12.9. The van der Waals surface area contributed by atoms with Crippen LogP contribution in [0.4, 0.5) is 22.0 Å². The van der Waals surface area contributed by atoms with Crippen LogP contribution in [-0.2, 0) is 4.79 Å². The lowest BCUT2D eigenvalue weighted by Crippen LogP contribution is -2.36. The third kappa shape index (κ3) is 5.81. The number of aliphatic carboxylic acids is 1. The smallest absolute Gasteiger partial charge is 0.453 e. The number of hydrogen-bond acceptors (Lipinski definition) is 2. The molecule has 8 heteroatoms. The summed E-state index contributed by atoms with van der Waals surface area (Å²) in [5.74, 6) is -6.13. The van der Waals surface area contributed by atoms with E-state index in [-0.39, 0.29) is 17.9 Å². The summed E-state index contributed by atoms with van der Waals surface area (Å²) >= 11 is 0.812. The third-order valence-corrected chi connectivity index (χ3v) is 2.45. The first-order chi connectivity index (χ1) is 6.67. The Morgan fingerprint density at radius 1 is 1.20 bits per heavy atom. The van der Waals surface area contributed by atoms with Crippen LogP contribution in [0.5, 0.6) is 0 Å². The van der Waals surface area contributed by atoms with Gasteiger partial charge in [0.25, 0.3) is 0 Å². The molecule has 0 heterocycles. The van der Waals surface area contributed by atoms with Gasteiger partial charge in [0.2, 0.25) is 0 Å². The van der Waals surface area contributed by atoms with E-state index in [4.69, 9.17) is 5.11 Å². The molecule has 0 fully saturated rings. The molecule has 0 aromatic rings. The molecule has 0 spiro atoms. The monoisotopic (exact) mass is 252 g/mol. The molecule has 0 unspecified atom stereocenters. The highest BCUT2D eigenvalue weighted by atomic mass is 32.2. The van der Waals surface area contributed by atoms with Crippen LogP contribution in [0.3, 0.4) is 0 Å².